The van der Waals surface area contributed by atoms with Crippen LogP contribution in [0.5, 0.6) is 0 Å². The zero-order valence-electron chi connectivity index (χ0n) is 12.0. The summed E-state index contributed by atoms with van der Waals surface area (Å²) in [6, 6.07) is 7.72. The SMILES string of the molecule is CC1CCC(CO)(NCC(O)c2cccc(Br)c2)CC1. The molecule has 1 aromatic carbocycles. The van der Waals surface area contributed by atoms with E-state index >= 15 is 0 Å². The number of rotatable bonds is 5. The van der Waals surface area contributed by atoms with Crippen molar-refractivity contribution in [3.05, 3.63) is 34.3 Å². The van der Waals surface area contributed by atoms with Gasteiger partial charge in [0.25, 0.3) is 0 Å². The molecule has 1 aliphatic carbocycles. The topological polar surface area (TPSA) is 52.5 Å². The molecule has 0 aliphatic heterocycles. The third kappa shape index (κ3) is 4.04. The summed E-state index contributed by atoms with van der Waals surface area (Å²) in [6.07, 6.45) is 3.70. The van der Waals surface area contributed by atoms with Crippen molar-refractivity contribution in [1.29, 1.82) is 0 Å². The van der Waals surface area contributed by atoms with Crippen molar-refractivity contribution in [2.75, 3.05) is 13.2 Å². The highest BCUT2D eigenvalue weighted by molar-refractivity contribution is 9.10. The van der Waals surface area contributed by atoms with Gasteiger partial charge in [-0.1, -0.05) is 35.0 Å². The first kappa shape index (κ1) is 16.0. The number of aliphatic hydroxyl groups is 2. The van der Waals surface area contributed by atoms with Crippen molar-refractivity contribution < 1.29 is 10.2 Å². The first-order chi connectivity index (χ1) is 9.54. The van der Waals surface area contributed by atoms with Gasteiger partial charge in [0, 0.05) is 16.6 Å². The largest absolute Gasteiger partial charge is 0.394 e. The molecular weight excluding hydrogens is 318 g/mol. The molecule has 0 radical (unpaired) electrons. The van der Waals surface area contributed by atoms with Crippen LogP contribution in [-0.4, -0.2) is 28.9 Å². The van der Waals surface area contributed by atoms with Crippen LogP contribution in [0.15, 0.2) is 28.7 Å². The van der Waals surface area contributed by atoms with Crippen LogP contribution in [0, 0.1) is 5.92 Å². The highest BCUT2D eigenvalue weighted by Gasteiger charge is 2.33. The van der Waals surface area contributed by atoms with Crippen molar-refractivity contribution in [3.63, 3.8) is 0 Å². The fraction of sp³-hybridized carbons (Fsp3) is 0.625. The fourth-order valence-corrected chi connectivity index (χ4v) is 3.27. The quantitative estimate of drug-likeness (QED) is 0.771. The highest BCUT2D eigenvalue weighted by Crippen LogP contribution is 2.32. The van der Waals surface area contributed by atoms with Gasteiger partial charge >= 0.3 is 0 Å². The Hall–Kier alpha value is -0.420. The molecule has 0 spiro atoms. The van der Waals surface area contributed by atoms with Crippen LogP contribution in [0.4, 0.5) is 0 Å². The predicted molar refractivity (Wildman–Crippen MR) is 84.6 cm³/mol. The second kappa shape index (κ2) is 7.03. The molecule has 1 unspecified atom stereocenters. The van der Waals surface area contributed by atoms with Crippen LogP contribution < -0.4 is 5.32 Å². The molecule has 4 heteroatoms. The summed E-state index contributed by atoms with van der Waals surface area (Å²) in [7, 11) is 0. The normalized spacial score (nSPS) is 28.3. The Bertz CT molecular complexity index is 430. The zero-order valence-corrected chi connectivity index (χ0v) is 13.6. The Morgan fingerprint density at radius 3 is 2.70 bits per heavy atom. The highest BCUT2D eigenvalue weighted by atomic mass is 79.9. The lowest BCUT2D eigenvalue weighted by atomic mass is 9.77. The summed E-state index contributed by atoms with van der Waals surface area (Å²) in [4.78, 5) is 0. The van der Waals surface area contributed by atoms with Gasteiger partial charge in [-0.3, -0.25) is 0 Å². The molecule has 0 amide bonds. The van der Waals surface area contributed by atoms with E-state index < -0.39 is 6.10 Å². The molecule has 2 rings (SSSR count). The van der Waals surface area contributed by atoms with Crippen LogP contribution in [0.1, 0.15) is 44.3 Å². The predicted octanol–water partition coefficient (Wildman–Crippen LogP) is 3.01. The van der Waals surface area contributed by atoms with Crippen LogP contribution in [0.25, 0.3) is 0 Å². The molecule has 0 aromatic heterocycles. The van der Waals surface area contributed by atoms with E-state index in [-0.39, 0.29) is 12.1 Å². The molecule has 3 N–H and O–H groups in total. The average molecular weight is 342 g/mol. The smallest absolute Gasteiger partial charge is 0.0914 e. The van der Waals surface area contributed by atoms with E-state index in [1.807, 2.05) is 24.3 Å². The molecule has 0 bridgehead atoms. The van der Waals surface area contributed by atoms with E-state index in [0.29, 0.717) is 6.54 Å². The van der Waals surface area contributed by atoms with Gasteiger partial charge < -0.3 is 15.5 Å². The van der Waals surface area contributed by atoms with Crippen molar-refractivity contribution in [3.8, 4) is 0 Å². The van der Waals surface area contributed by atoms with Crippen molar-refractivity contribution in [1.82, 2.24) is 5.32 Å². The van der Waals surface area contributed by atoms with E-state index in [1.165, 1.54) is 0 Å². The summed E-state index contributed by atoms with van der Waals surface area (Å²) >= 11 is 3.42. The number of hydrogen-bond donors (Lipinski definition) is 3. The van der Waals surface area contributed by atoms with Gasteiger partial charge in [-0.15, -0.1) is 0 Å². The minimum absolute atomic E-state index is 0.144. The Morgan fingerprint density at radius 2 is 2.10 bits per heavy atom. The van der Waals surface area contributed by atoms with Gasteiger partial charge in [0.2, 0.25) is 0 Å². The number of halogens is 1. The second-order valence-electron chi connectivity index (χ2n) is 6.07. The number of aliphatic hydroxyl groups excluding tert-OH is 2. The molecule has 112 valence electrons. The monoisotopic (exact) mass is 341 g/mol. The number of benzene rings is 1. The molecule has 1 saturated carbocycles. The van der Waals surface area contributed by atoms with E-state index in [0.717, 1.165) is 41.6 Å². The molecule has 1 aromatic rings. The van der Waals surface area contributed by atoms with E-state index in [2.05, 4.69) is 28.2 Å². The molecule has 0 heterocycles. The maximum atomic E-state index is 10.3. The van der Waals surface area contributed by atoms with Gasteiger partial charge in [-0.2, -0.15) is 0 Å². The molecule has 20 heavy (non-hydrogen) atoms. The van der Waals surface area contributed by atoms with Gasteiger partial charge in [-0.25, -0.2) is 0 Å². The fourth-order valence-electron chi connectivity index (χ4n) is 2.85. The second-order valence-corrected chi connectivity index (χ2v) is 6.99. The number of nitrogens with one attached hydrogen (secondary N) is 1. The summed E-state index contributed by atoms with van der Waals surface area (Å²) in [5, 5.41) is 23.4. The minimum atomic E-state index is -0.546. The Balaban J connectivity index is 1.93. The van der Waals surface area contributed by atoms with Crippen molar-refractivity contribution in [2.45, 2.75) is 44.2 Å². The number of β-amino-alcohol motifs (C(OH)–C–C–N with tert-alkyl or cyclic N) is 1. The van der Waals surface area contributed by atoms with Crippen LogP contribution in [-0.2, 0) is 0 Å². The minimum Gasteiger partial charge on any atom is -0.394 e. The Morgan fingerprint density at radius 1 is 1.40 bits per heavy atom. The standard InChI is InChI=1S/C16H24BrNO2/c1-12-5-7-16(11-19,8-6-12)18-10-15(20)13-3-2-4-14(17)9-13/h2-4,9,12,15,18-20H,5-8,10-11H2,1H3. The van der Waals surface area contributed by atoms with E-state index in [1.54, 1.807) is 0 Å². The Kier molecular flexibility index (Phi) is 5.61. The lowest BCUT2D eigenvalue weighted by molar-refractivity contribution is 0.0836. The molecule has 0 saturated heterocycles. The summed E-state index contributed by atoms with van der Waals surface area (Å²) < 4.78 is 0.970. The third-order valence-corrected chi connectivity index (χ3v) is 4.93. The van der Waals surface area contributed by atoms with Crippen LogP contribution in [0.2, 0.25) is 0 Å². The van der Waals surface area contributed by atoms with Gasteiger partial charge in [-0.05, 0) is 49.3 Å². The molecular formula is C16H24BrNO2. The molecule has 1 fully saturated rings. The molecule has 1 aliphatic rings. The summed E-state index contributed by atoms with van der Waals surface area (Å²) in [5.74, 6) is 0.742. The van der Waals surface area contributed by atoms with Crippen LogP contribution in [0.3, 0.4) is 0 Å². The Labute approximate surface area is 129 Å². The van der Waals surface area contributed by atoms with E-state index in [9.17, 15) is 10.2 Å². The maximum absolute atomic E-state index is 10.3. The average Bonchev–Trinajstić information content (AvgIpc) is 2.47. The van der Waals surface area contributed by atoms with E-state index in [4.69, 9.17) is 0 Å². The van der Waals surface area contributed by atoms with Crippen molar-refractivity contribution >= 4 is 15.9 Å². The summed E-state index contributed by atoms with van der Waals surface area (Å²) in [5.41, 5.74) is 0.684. The zero-order chi connectivity index (χ0) is 14.6. The van der Waals surface area contributed by atoms with Gasteiger partial charge in [0.1, 0.15) is 0 Å². The van der Waals surface area contributed by atoms with Gasteiger partial charge in [0.15, 0.2) is 0 Å². The van der Waals surface area contributed by atoms with Crippen molar-refractivity contribution in [2.24, 2.45) is 5.92 Å². The maximum Gasteiger partial charge on any atom is 0.0914 e. The first-order valence-electron chi connectivity index (χ1n) is 7.34. The number of hydrogen-bond acceptors (Lipinski definition) is 3. The lowest BCUT2D eigenvalue weighted by Gasteiger charge is -2.39. The molecule has 3 nitrogen and oxygen atoms in total. The van der Waals surface area contributed by atoms with Crippen LogP contribution >= 0.6 is 15.9 Å². The van der Waals surface area contributed by atoms with Gasteiger partial charge in [0.05, 0.1) is 12.7 Å². The third-order valence-electron chi connectivity index (χ3n) is 4.44. The lowest BCUT2D eigenvalue weighted by Crippen LogP contribution is -2.52. The molecule has 1 atom stereocenters. The first-order valence-corrected chi connectivity index (χ1v) is 8.13. The summed E-state index contributed by atoms with van der Waals surface area (Å²) in [6.45, 7) is 2.88.